The molecule has 0 radical (unpaired) electrons. The number of hydrogen-bond donors (Lipinski definition) is 1. The van der Waals surface area contributed by atoms with Crippen molar-refractivity contribution in [3.05, 3.63) is 65.2 Å². The zero-order valence-corrected chi connectivity index (χ0v) is 16.1. The number of alkyl halides is 3. The summed E-state index contributed by atoms with van der Waals surface area (Å²) in [5.74, 6) is -0.117. The van der Waals surface area contributed by atoms with E-state index >= 15 is 0 Å². The van der Waals surface area contributed by atoms with Gasteiger partial charge in [-0.05, 0) is 49.6 Å². The van der Waals surface area contributed by atoms with E-state index in [0.29, 0.717) is 17.5 Å². The van der Waals surface area contributed by atoms with Crippen LogP contribution in [-0.4, -0.2) is 30.3 Å². The fourth-order valence-corrected chi connectivity index (χ4v) is 3.79. The van der Waals surface area contributed by atoms with Crippen LogP contribution in [0.15, 0.2) is 48.5 Å². The topological polar surface area (TPSA) is 66.5 Å². The SMILES string of the molecule is CC1(C)Cc2ccccc2C(=O)N1Cc1ccc(NS(=O)(=O)C(F)(F)F)cc1. The molecule has 2 aromatic carbocycles. The van der Waals surface area contributed by atoms with Crippen molar-refractivity contribution in [3.8, 4) is 0 Å². The third kappa shape index (κ3) is 3.84. The Morgan fingerprint density at radius 2 is 1.68 bits per heavy atom. The Hall–Kier alpha value is -2.55. The first-order valence-corrected chi connectivity index (χ1v) is 9.97. The normalized spacial score (nSPS) is 16.6. The molecule has 0 aromatic heterocycles. The quantitative estimate of drug-likeness (QED) is 0.828. The molecule has 0 bridgehead atoms. The molecular weight excluding hydrogens is 393 g/mol. The van der Waals surface area contributed by atoms with Gasteiger partial charge >= 0.3 is 15.5 Å². The molecule has 1 aliphatic rings. The minimum atomic E-state index is -5.47. The summed E-state index contributed by atoms with van der Waals surface area (Å²) in [6, 6.07) is 12.9. The fourth-order valence-electron chi connectivity index (χ4n) is 3.22. The molecule has 5 nitrogen and oxygen atoms in total. The van der Waals surface area contributed by atoms with Crippen molar-refractivity contribution >= 4 is 21.6 Å². The van der Waals surface area contributed by atoms with E-state index in [1.807, 2.05) is 26.0 Å². The Morgan fingerprint density at radius 3 is 2.29 bits per heavy atom. The Morgan fingerprint density at radius 1 is 1.07 bits per heavy atom. The molecule has 1 amide bonds. The molecule has 0 saturated heterocycles. The van der Waals surface area contributed by atoms with Gasteiger partial charge in [0.25, 0.3) is 5.91 Å². The number of carbonyl (C=O) groups excluding carboxylic acids is 1. The number of amides is 1. The highest BCUT2D eigenvalue weighted by molar-refractivity contribution is 7.93. The number of sulfonamides is 1. The number of carbonyl (C=O) groups is 1. The van der Waals surface area contributed by atoms with E-state index in [4.69, 9.17) is 0 Å². The van der Waals surface area contributed by atoms with Crippen LogP contribution in [0.4, 0.5) is 18.9 Å². The number of fused-ring (bicyclic) bond motifs is 1. The maximum Gasteiger partial charge on any atom is 0.516 e. The number of hydrogen-bond acceptors (Lipinski definition) is 3. The molecule has 0 atom stereocenters. The van der Waals surface area contributed by atoms with Gasteiger partial charge in [0.2, 0.25) is 0 Å². The van der Waals surface area contributed by atoms with Crippen LogP contribution in [0.3, 0.4) is 0 Å². The molecule has 0 aliphatic carbocycles. The Labute approximate surface area is 161 Å². The van der Waals surface area contributed by atoms with Crippen molar-refractivity contribution in [1.82, 2.24) is 4.90 Å². The maximum absolute atomic E-state index is 12.9. The Balaban J connectivity index is 1.80. The summed E-state index contributed by atoms with van der Waals surface area (Å²) < 4.78 is 61.2. The monoisotopic (exact) mass is 412 g/mol. The van der Waals surface area contributed by atoms with Gasteiger partial charge in [-0.2, -0.15) is 21.6 Å². The average molecular weight is 412 g/mol. The lowest BCUT2D eigenvalue weighted by Gasteiger charge is -2.43. The lowest BCUT2D eigenvalue weighted by Crippen LogP contribution is -2.52. The second-order valence-corrected chi connectivity index (χ2v) is 8.96. The van der Waals surface area contributed by atoms with E-state index in [9.17, 15) is 26.4 Å². The molecule has 1 aliphatic heterocycles. The van der Waals surface area contributed by atoms with Crippen LogP contribution in [-0.2, 0) is 23.0 Å². The number of rotatable bonds is 4. The van der Waals surface area contributed by atoms with Gasteiger partial charge in [0.1, 0.15) is 0 Å². The smallest absolute Gasteiger partial charge is 0.329 e. The zero-order chi connectivity index (χ0) is 20.7. The molecule has 0 saturated carbocycles. The van der Waals surface area contributed by atoms with Crippen LogP contribution >= 0.6 is 0 Å². The molecule has 28 heavy (non-hydrogen) atoms. The van der Waals surface area contributed by atoms with E-state index in [1.165, 1.54) is 29.0 Å². The van der Waals surface area contributed by atoms with Crippen molar-refractivity contribution in [2.24, 2.45) is 0 Å². The highest BCUT2D eigenvalue weighted by Gasteiger charge is 2.46. The van der Waals surface area contributed by atoms with Gasteiger partial charge in [-0.25, -0.2) is 0 Å². The first-order valence-electron chi connectivity index (χ1n) is 8.49. The van der Waals surface area contributed by atoms with Crippen molar-refractivity contribution < 1.29 is 26.4 Å². The van der Waals surface area contributed by atoms with E-state index in [1.54, 1.807) is 17.0 Å². The molecule has 150 valence electrons. The lowest BCUT2D eigenvalue weighted by molar-refractivity contribution is -0.0429. The zero-order valence-electron chi connectivity index (χ0n) is 15.2. The van der Waals surface area contributed by atoms with Crippen molar-refractivity contribution in [3.63, 3.8) is 0 Å². The van der Waals surface area contributed by atoms with Crippen LogP contribution in [0.2, 0.25) is 0 Å². The summed E-state index contributed by atoms with van der Waals surface area (Å²) >= 11 is 0. The van der Waals surface area contributed by atoms with Crippen LogP contribution in [0.5, 0.6) is 0 Å². The van der Waals surface area contributed by atoms with Crippen LogP contribution in [0, 0.1) is 0 Å². The minimum Gasteiger partial charge on any atom is -0.329 e. The van der Waals surface area contributed by atoms with Gasteiger partial charge in [-0.1, -0.05) is 30.3 Å². The Kier molecular flexibility index (Phi) is 4.91. The fraction of sp³-hybridized carbons (Fsp3) is 0.316. The van der Waals surface area contributed by atoms with E-state index in [2.05, 4.69) is 0 Å². The van der Waals surface area contributed by atoms with Gasteiger partial charge in [-0.3, -0.25) is 9.52 Å². The third-order valence-corrected chi connectivity index (χ3v) is 5.81. The number of anilines is 1. The predicted molar refractivity (Wildman–Crippen MR) is 99.1 cm³/mol. The molecule has 3 rings (SSSR count). The van der Waals surface area contributed by atoms with Crippen molar-refractivity contribution in [2.75, 3.05) is 4.72 Å². The van der Waals surface area contributed by atoms with E-state index in [-0.39, 0.29) is 18.1 Å². The number of nitrogens with zero attached hydrogens (tertiary/aromatic N) is 1. The summed E-state index contributed by atoms with van der Waals surface area (Å²) in [7, 11) is -5.47. The molecule has 1 heterocycles. The summed E-state index contributed by atoms with van der Waals surface area (Å²) in [4.78, 5) is 14.6. The summed E-state index contributed by atoms with van der Waals surface area (Å²) in [5.41, 5.74) is -3.74. The van der Waals surface area contributed by atoms with Crippen molar-refractivity contribution in [1.29, 1.82) is 0 Å². The number of nitrogens with one attached hydrogen (secondary N) is 1. The molecule has 0 fully saturated rings. The van der Waals surface area contributed by atoms with Gasteiger partial charge in [0.05, 0.1) is 0 Å². The molecule has 9 heteroatoms. The lowest BCUT2D eigenvalue weighted by atomic mass is 9.85. The molecule has 0 spiro atoms. The summed E-state index contributed by atoms with van der Waals surface area (Å²) in [5, 5.41) is 0. The second-order valence-electron chi connectivity index (χ2n) is 7.29. The van der Waals surface area contributed by atoms with Crippen LogP contribution < -0.4 is 4.72 Å². The standard InChI is InChI=1S/C19H19F3N2O3S/c1-18(2)11-14-5-3-4-6-16(14)17(25)24(18)12-13-7-9-15(10-8-13)23-28(26,27)19(20,21)22/h3-10,23H,11-12H2,1-2H3. The molecule has 0 unspecified atom stereocenters. The van der Waals surface area contributed by atoms with Crippen LogP contribution in [0.25, 0.3) is 0 Å². The number of benzene rings is 2. The van der Waals surface area contributed by atoms with Crippen LogP contribution in [0.1, 0.15) is 35.3 Å². The second kappa shape index (κ2) is 6.80. The van der Waals surface area contributed by atoms with Crippen molar-refractivity contribution in [2.45, 2.75) is 37.9 Å². The molecule has 2 aromatic rings. The third-order valence-electron chi connectivity index (χ3n) is 4.70. The number of halogens is 3. The minimum absolute atomic E-state index is 0.117. The first kappa shape index (κ1) is 20.2. The first-order chi connectivity index (χ1) is 12.9. The van der Waals surface area contributed by atoms with E-state index in [0.717, 1.165) is 5.56 Å². The maximum atomic E-state index is 12.9. The predicted octanol–water partition coefficient (Wildman–Crippen LogP) is 3.93. The molecule has 1 N–H and O–H groups in total. The average Bonchev–Trinajstić information content (AvgIpc) is 2.58. The Bertz CT molecular complexity index is 1000. The summed E-state index contributed by atoms with van der Waals surface area (Å²) in [6.45, 7) is 4.16. The van der Waals surface area contributed by atoms with Gasteiger partial charge in [0, 0.05) is 23.3 Å². The highest BCUT2D eigenvalue weighted by atomic mass is 32.2. The van der Waals surface area contributed by atoms with Gasteiger partial charge in [-0.15, -0.1) is 0 Å². The van der Waals surface area contributed by atoms with Gasteiger partial charge < -0.3 is 4.90 Å². The van der Waals surface area contributed by atoms with E-state index < -0.39 is 21.1 Å². The summed E-state index contributed by atoms with van der Waals surface area (Å²) in [6.07, 6.45) is 0.679. The largest absolute Gasteiger partial charge is 0.516 e. The molecular formula is C19H19F3N2O3S. The highest BCUT2D eigenvalue weighted by Crippen LogP contribution is 2.32. The van der Waals surface area contributed by atoms with Gasteiger partial charge in [0.15, 0.2) is 0 Å².